The van der Waals surface area contributed by atoms with E-state index in [2.05, 4.69) is 24.4 Å². The molecule has 24 heavy (non-hydrogen) atoms. The zero-order chi connectivity index (χ0) is 17.1. The molecule has 1 saturated carbocycles. The van der Waals surface area contributed by atoms with Gasteiger partial charge in [-0.1, -0.05) is 42.7 Å². The number of hydrogen-bond acceptors (Lipinski definition) is 3. The molecule has 1 aliphatic heterocycles. The summed E-state index contributed by atoms with van der Waals surface area (Å²) >= 11 is 1.70. The molecular weight excluding hydrogens is 320 g/mol. The molecule has 128 valence electrons. The van der Waals surface area contributed by atoms with Gasteiger partial charge >= 0.3 is 0 Å². The van der Waals surface area contributed by atoms with Crippen LogP contribution in [0.15, 0.2) is 29.2 Å². The van der Waals surface area contributed by atoms with Crippen LogP contribution >= 0.6 is 11.8 Å². The largest absolute Gasteiger partial charge is 0.358 e. The Kier molecular flexibility index (Phi) is 5.29. The molecule has 1 saturated heterocycles. The molecule has 4 nitrogen and oxygen atoms in total. The third kappa shape index (κ3) is 3.66. The Morgan fingerprint density at radius 3 is 2.71 bits per heavy atom. The zero-order valence-electron chi connectivity index (χ0n) is 14.2. The van der Waals surface area contributed by atoms with Crippen LogP contribution in [0.25, 0.3) is 6.08 Å². The average Bonchev–Trinajstić information content (AvgIpc) is 2.60. The molecule has 2 atom stereocenters. The van der Waals surface area contributed by atoms with Crippen molar-refractivity contribution in [2.75, 3.05) is 13.6 Å². The molecule has 1 aromatic carbocycles. The Morgan fingerprint density at radius 1 is 1.29 bits per heavy atom. The number of nitrogens with zero attached hydrogens (tertiary/aromatic N) is 1. The number of amides is 2. The molecular formula is C19H24N2O2S. The second-order valence-electron chi connectivity index (χ2n) is 6.53. The number of hydrogen-bond donors (Lipinski definition) is 1. The van der Waals surface area contributed by atoms with Gasteiger partial charge in [0, 0.05) is 18.3 Å². The summed E-state index contributed by atoms with van der Waals surface area (Å²) in [5, 5.41) is 3.04. The summed E-state index contributed by atoms with van der Waals surface area (Å²) in [4.78, 5) is 27.4. The Morgan fingerprint density at radius 2 is 2.00 bits per heavy atom. The molecule has 2 amide bonds. The molecule has 2 unspecified atom stereocenters. The molecule has 1 heterocycles. The molecule has 0 radical (unpaired) electrons. The van der Waals surface area contributed by atoms with E-state index in [9.17, 15) is 9.59 Å². The second-order valence-corrected chi connectivity index (χ2v) is 7.81. The number of likely N-dealkylation sites (N-methyl/N-ethyl adjacent to an activating group) is 1. The fourth-order valence-electron chi connectivity index (χ4n) is 3.41. The zero-order valence-corrected chi connectivity index (χ0v) is 15.1. The highest BCUT2D eigenvalue weighted by molar-refractivity contribution is 8.04. The lowest BCUT2D eigenvalue weighted by Crippen LogP contribution is -2.54. The van der Waals surface area contributed by atoms with Gasteiger partial charge in [-0.15, -0.1) is 11.8 Å². The topological polar surface area (TPSA) is 49.4 Å². The third-order valence-corrected chi connectivity index (χ3v) is 6.18. The summed E-state index contributed by atoms with van der Waals surface area (Å²) in [5.74, 6) is -0.110. The highest BCUT2D eigenvalue weighted by Crippen LogP contribution is 2.42. The van der Waals surface area contributed by atoms with Crippen molar-refractivity contribution < 1.29 is 9.59 Å². The van der Waals surface area contributed by atoms with E-state index in [-0.39, 0.29) is 24.4 Å². The number of aryl methyl sites for hydroxylation is 1. The minimum absolute atomic E-state index is 0.00711. The molecule has 0 bridgehead atoms. The van der Waals surface area contributed by atoms with Crippen molar-refractivity contribution in [3.8, 4) is 0 Å². The fourth-order valence-corrected chi connectivity index (χ4v) is 4.88. The van der Waals surface area contributed by atoms with Crippen molar-refractivity contribution in [2.45, 2.75) is 43.9 Å². The number of fused-ring (bicyclic) bond motifs is 1. The van der Waals surface area contributed by atoms with Crippen LogP contribution in [-0.2, 0) is 9.59 Å². The normalized spacial score (nSPS) is 25.5. The number of carbonyl (C=O) groups is 2. The van der Waals surface area contributed by atoms with Crippen molar-refractivity contribution in [2.24, 2.45) is 0 Å². The molecule has 2 aliphatic rings. The number of rotatable bonds is 3. The van der Waals surface area contributed by atoms with Gasteiger partial charge in [0.25, 0.3) is 5.91 Å². The maximum absolute atomic E-state index is 13.0. The average molecular weight is 344 g/mol. The Labute approximate surface area is 147 Å². The van der Waals surface area contributed by atoms with E-state index in [1.54, 1.807) is 23.7 Å². The van der Waals surface area contributed by atoms with E-state index in [1.807, 2.05) is 18.2 Å². The minimum Gasteiger partial charge on any atom is -0.358 e. The predicted molar refractivity (Wildman–Crippen MR) is 98.6 cm³/mol. The van der Waals surface area contributed by atoms with Crippen LogP contribution < -0.4 is 5.32 Å². The van der Waals surface area contributed by atoms with Crippen molar-refractivity contribution in [1.29, 1.82) is 0 Å². The van der Waals surface area contributed by atoms with Gasteiger partial charge in [-0.05, 0) is 31.4 Å². The first kappa shape index (κ1) is 17.1. The molecule has 3 rings (SSSR count). The number of benzene rings is 1. The monoisotopic (exact) mass is 344 g/mol. The molecule has 5 heteroatoms. The van der Waals surface area contributed by atoms with Crippen LogP contribution in [0.5, 0.6) is 0 Å². The number of nitrogens with one attached hydrogen (secondary N) is 1. The summed E-state index contributed by atoms with van der Waals surface area (Å²) in [6.07, 6.45) is 6.41. The summed E-state index contributed by atoms with van der Waals surface area (Å²) in [6.45, 7) is 2.21. The van der Waals surface area contributed by atoms with Gasteiger partial charge in [0.05, 0.1) is 4.91 Å². The lowest BCUT2D eigenvalue weighted by Gasteiger charge is -2.43. The lowest BCUT2D eigenvalue weighted by atomic mass is 9.93. The van der Waals surface area contributed by atoms with Gasteiger partial charge < -0.3 is 10.2 Å². The minimum atomic E-state index is -0.103. The Hall–Kier alpha value is -1.75. The van der Waals surface area contributed by atoms with E-state index in [0.29, 0.717) is 5.25 Å². The highest BCUT2D eigenvalue weighted by Gasteiger charge is 2.40. The summed E-state index contributed by atoms with van der Waals surface area (Å²) in [7, 11) is 1.62. The molecule has 0 spiro atoms. The van der Waals surface area contributed by atoms with Crippen LogP contribution in [0.2, 0.25) is 0 Å². The Balaban J connectivity index is 1.88. The van der Waals surface area contributed by atoms with Gasteiger partial charge in [0.2, 0.25) is 5.91 Å². The first-order valence-electron chi connectivity index (χ1n) is 8.55. The van der Waals surface area contributed by atoms with Gasteiger partial charge in [-0.25, -0.2) is 0 Å². The SMILES string of the molecule is CNC(=O)CN1C(=O)/C(=C\c2ccc(C)cc2)SC2CCCCC21. The molecule has 1 aliphatic carbocycles. The number of thioether (sulfide) groups is 1. The third-order valence-electron chi connectivity index (χ3n) is 4.79. The van der Waals surface area contributed by atoms with E-state index in [0.717, 1.165) is 29.7 Å². The van der Waals surface area contributed by atoms with Crippen LogP contribution in [0, 0.1) is 6.92 Å². The maximum atomic E-state index is 13.0. The van der Waals surface area contributed by atoms with E-state index in [4.69, 9.17) is 0 Å². The van der Waals surface area contributed by atoms with Crippen molar-refractivity contribution >= 4 is 29.7 Å². The van der Waals surface area contributed by atoms with Crippen LogP contribution in [0.3, 0.4) is 0 Å². The van der Waals surface area contributed by atoms with E-state index >= 15 is 0 Å². The van der Waals surface area contributed by atoms with Crippen molar-refractivity contribution in [1.82, 2.24) is 10.2 Å². The van der Waals surface area contributed by atoms with Crippen LogP contribution in [0.4, 0.5) is 0 Å². The first-order valence-corrected chi connectivity index (χ1v) is 9.43. The van der Waals surface area contributed by atoms with Gasteiger partial charge in [0.15, 0.2) is 0 Å². The summed E-state index contributed by atoms with van der Waals surface area (Å²) < 4.78 is 0. The van der Waals surface area contributed by atoms with Gasteiger partial charge in [-0.2, -0.15) is 0 Å². The second kappa shape index (κ2) is 7.43. The molecule has 1 N–H and O–H groups in total. The maximum Gasteiger partial charge on any atom is 0.261 e. The molecule has 1 aromatic rings. The summed E-state index contributed by atoms with van der Waals surface area (Å²) in [5.41, 5.74) is 2.24. The Bertz CT molecular complexity index is 654. The van der Waals surface area contributed by atoms with Gasteiger partial charge in [0.1, 0.15) is 6.54 Å². The van der Waals surface area contributed by atoms with E-state index < -0.39 is 0 Å². The lowest BCUT2D eigenvalue weighted by molar-refractivity contribution is -0.135. The van der Waals surface area contributed by atoms with Crippen LogP contribution in [-0.4, -0.2) is 41.6 Å². The summed E-state index contributed by atoms with van der Waals surface area (Å²) in [6, 6.07) is 8.36. The van der Waals surface area contributed by atoms with Crippen LogP contribution in [0.1, 0.15) is 36.8 Å². The quantitative estimate of drug-likeness (QED) is 0.858. The van der Waals surface area contributed by atoms with Crippen molar-refractivity contribution in [3.05, 3.63) is 40.3 Å². The van der Waals surface area contributed by atoms with Gasteiger partial charge in [-0.3, -0.25) is 9.59 Å². The first-order chi connectivity index (χ1) is 11.6. The fraction of sp³-hybridized carbons (Fsp3) is 0.474. The molecule has 2 fully saturated rings. The number of carbonyl (C=O) groups excluding carboxylic acids is 2. The standard InChI is InChI=1S/C19H24N2O2S/c1-13-7-9-14(10-8-13)11-17-19(23)21(12-18(22)20-2)15-5-3-4-6-16(15)24-17/h7-11,15-16H,3-6,12H2,1-2H3,(H,20,22)/b17-11+. The smallest absolute Gasteiger partial charge is 0.261 e. The molecule has 0 aromatic heterocycles. The van der Waals surface area contributed by atoms with Crippen molar-refractivity contribution in [3.63, 3.8) is 0 Å². The highest BCUT2D eigenvalue weighted by atomic mass is 32.2. The van der Waals surface area contributed by atoms with E-state index in [1.165, 1.54) is 12.0 Å². The predicted octanol–water partition coefficient (Wildman–Crippen LogP) is 2.97.